The molecule has 0 aromatic carbocycles. The van der Waals surface area contributed by atoms with Gasteiger partial charge in [0.05, 0.1) is 0 Å². The molecule has 4 aliphatic carbocycles. The number of hydrogen-bond acceptors (Lipinski definition) is 2. The molecule has 4 rings (SSSR count). The Balaban J connectivity index is 1.87. The number of alkyl halides is 2. The summed E-state index contributed by atoms with van der Waals surface area (Å²) in [5, 5.41) is 0. The molecule has 0 heterocycles. The third-order valence-electron chi connectivity index (χ3n) is 6.95. The zero-order chi connectivity index (χ0) is 20.0. The first kappa shape index (κ1) is 20.3. The molecule has 2 nitrogen and oxygen atoms in total. The van der Waals surface area contributed by atoms with Gasteiger partial charge in [0.15, 0.2) is 0 Å². The minimum absolute atomic E-state index is 0.0963. The van der Waals surface area contributed by atoms with Gasteiger partial charge in [-0.2, -0.15) is 22.0 Å². The third-order valence-corrected chi connectivity index (χ3v) is 6.95. The molecule has 1 atom stereocenters. The van der Waals surface area contributed by atoms with Crippen molar-refractivity contribution in [3.05, 3.63) is 24.6 Å². The Kier molecular flexibility index (Phi) is 5.43. The topological polar surface area (TPSA) is 26.3 Å². The van der Waals surface area contributed by atoms with Gasteiger partial charge in [-0.3, -0.25) is 4.79 Å². The lowest BCUT2D eigenvalue weighted by Gasteiger charge is -2.60. The van der Waals surface area contributed by atoms with E-state index in [0.29, 0.717) is 18.3 Å². The fraction of sp³-hybridized carbons (Fsp3) is 0.750. The van der Waals surface area contributed by atoms with Gasteiger partial charge in [0.1, 0.15) is 11.5 Å². The van der Waals surface area contributed by atoms with Crippen molar-refractivity contribution >= 4 is 5.97 Å². The molecule has 4 aliphatic rings. The van der Waals surface area contributed by atoms with Crippen molar-refractivity contribution in [3.8, 4) is 0 Å². The lowest BCUT2D eigenvalue weighted by Crippen LogP contribution is -2.60. The molecule has 0 aromatic heterocycles. The van der Waals surface area contributed by atoms with Crippen LogP contribution in [-0.2, 0) is 9.53 Å². The van der Waals surface area contributed by atoms with Crippen molar-refractivity contribution in [2.24, 2.45) is 29.6 Å². The molecule has 7 heteroatoms. The van der Waals surface area contributed by atoms with Gasteiger partial charge in [0.2, 0.25) is 5.83 Å². The monoisotopic (exact) mass is 392 g/mol. The van der Waals surface area contributed by atoms with Gasteiger partial charge in [-0.1, -0.05) is 13.0 Å². The first-order chi connectivity index (χ1) is 12.7. The summed E-state index contributed by atoms with van der Waals surface area (Å²) in [6.45, 7) is 5.15. The van der Waals surface area contributed by atoms with Gasteiger partial charge in [0, 0.05) is 0 Å². The van der Waals surface area contributed by atoms with Crippen LogP contribution < -0.4 is 0 Å². The molecule has 4 bridgehead atoms. The molecule has 0 aromatic rings. The smallest absolute Gasteiger partial charge is 0.317 e. The van der Waals surface area contributed by atoms with Crippen molar-refractivity contribution < 1.29 is 31.5 Å². The molecule has 0 spiro atoms. The van der Waals surface area contributed by atoms with E-state index in [4.69, 9.17) is 4.74 Å². The van der Waals surface area contributed by atoms with Crippen LogP contribution in [0.3, 0.4) is 0 Å². The van der Waals surface area contributed by atoms with Crippen LogP contribution in [0, 0.1) is 29.6 Å². The Hall–Kier alpha value is -1.40. The second-order valence-electron chi connectivity index (χ2n) is 8.31. The standard InChI is InChI=1S/C20H25F5O2/c1-3-5-15(20(24,25)16(21)17(22)23)18(26)27-19(4-2)13-7-11-6-12(9-13)10-14(19)8-11/h3,11-15H,1,4-10H2,2H3. The van der Waals surface area contributed by atoms with Crippen LogP contribution in [0.4, 0.5) is 22.0 Å². The average Bonchev–Trinajstić information content (AvgIpc) is 2.61. The summed E-state index contributed by atoms with van der Waals surface area (Å²) in [6, 6.07) is 0. The predicted molar refractivity (Wildman–Crippen MR) is 89.8 cm³/mol. The molecule has 0 radical (unpaired) electrons. The molecular formula is C20H25F5O2. The second-order valence-corrected chi connectivity index (χ2v) is 8.31. The molecular weight excluding hydrogens is 367 g/mol. The number of carbonyl (C=O) groups excluding carboxylic acids is 1. The molecule has 152 valence electrons. The van der Waals surface area contributed by atoms with E-state index >= 15 is 0 Å². The van der Waals surface area contributed by atoms with E-state index in [2.05, 4.69) is 6.58 Å². The Morgan fingerprint density at radius 2 is 1.67 bits per heavy atom. The molecule has 0 amide bonds. The summed E-state index contributed by atoms with van der Waals surface area (Å²) in [5.41, 5.74) is -0.853. The highest BCUT2D eigenvalue weighted by atomic mass is 19.3. The zero-order valence-electron chi connectivity index (χ0n) is 15.3. The average molecular weight is 392 g/mol. The van der Waals surface area contributed by atoms with Gasteiger partial charge in [0.25, 0.3) is 0 Å². The number of ether oxygens (including phenoxy) is 1. The Labute approximate surface area is 155 Å². The van der Waals surface area contributed by atoms with Crippen molar-refractivity contribution in [2.45, 2.75) is 63.4 Å². The number of esters is 1. The highest BCUT2D eigenvalue weighted by Gasteiger charge is 2.60. The van der Waals surface area contributed by atoms with Crippen LogP contribution in [0.5, 0.6) is 0 Å². The fourth-order valence-electron chi connectivity index (χ4n) is 5.89. The van der Waals surface area contributed by atoms with E-state index in [-0.39, 0.29) is 11.8 Å². The van der Waals surface area contributed by atoms with Crippen molar-refractivity contribution in [1.82, 2.24) is 0 Å². The second kappa shape index (κ2) is 7.21. The van der Waals surface area contributed by atoms with E-state index in [0.717, 1.165) is 31.8 Å². The van der Waals surface area contributed by atoms with Crippen molar-refractivity contribution in [3.63, 3.8) is 0 Å². The number of rotatable bonds is 7. The summed E-state index contributed by atoms with van der Waals surface area (Å²) in [4.78, 5) is 12.7. The number of halogens is 5. The number of carbonyl (C=O) groups is 1. The van der Waals surface area contributed by atoms with Crippen LogP contribution in [-0.4, -0.2) is 17.5 Å². The number of allylic oxidation sites excluding steroid dienone is 2. The quantitative estimate of drug-likeness (QED) is 0.300. The molecule has 0 aliphatic heterocycles. The van der Waals surface area contributed by atoms with Crippen LogP contribution in [0.25, 0.3) is 0 Å². The summed E-state index contributed by atoms with van der Waals surface area (Å²) in [7, 11) is 0. The van der Waals surface area contributed by atoms with Gasteiger partial charge in [-0.15, -0.1) is 6.58 Å². The van der Waals surface area contributed by atoms with Gasteiger partial charge in [-0.05, 0) is 68.6 Å². The third kappa shape index (κ3) is 3.31. The summed E-state index contributed by atoms with van der Waals surface area (Å²) in [6.07, 6.45) is 2.45. The molecule has 0 N–H and O–H groups in total. The minimum Gasteiger partial charge on any atom is -0.458 e. The molecule has 27 heavy (non-hydrogen) atoms. The van der Waals surface area contributed by atoms with Crippen LogP contribution in [0.2, 0.25) is 0 Å². The normalized spacial score (nSPS) is 35.6. The van der Waals surface area contributed by atoms with Gasteiger partial charge < -0.3 is 4.74 Å². The fourth-order valence-corrected chi connectivity index (χ4v) is 5.89. The molecule has 1 unspecified atom stereocenters. The maximum Gasteiger partial charge on any atom is 0.317 e. The van der Waals surface area contributed by atoms with Gasteiger partial charge >= 0.3 is 18.0 Å². The Morgan fingerprint density at radius 1 is 1.15 bits per heavy atom. The highest BCUT2D eigenvalue weighted by Crippen LogP contribution is 2.61. The van der Waals surface area contributed by atoms with Gasteiger partial charge in [-0.25, -0.2) is 0 Å². The van der Waals surface area contributed by atoms with Crippen molar-refractivity contribution in [2.75, 3.05) is 0 Å². The lowest BCUT2D eigenvalue weighted by atomic mass is 9.49. The molecule has 0 saturated heterocycles. The predicted octanol–water partition coefficient (Wildman–Crippen LogP) is 6.04. The zero-order valence-corrected chi connectivity index (χ0v) is 15.3. The van der Waals surface area contributed by atoms with Crippen LogP contribution in [0.1, 0.15) is 51.9 Å². The summed E-state index contributed by atoms with van der Waals surface area (Å²) in [5.74, 6) is -9.82. The SMILES string of the molecule is C=CCC(C(=O)OC1(CC)C2CC3CC(C2)CC1C3)C(F)(F)C(F)=C(F)F. The summed E-state index contributed by atoms with van der Waals surface area (Å²) >= 11 is 0. The molecule has 4 saturated carbocycles. The van der Waals surface area contributed by atoms with E-state index in [1.165, 1.54) is 6.42 Å². The van der Waals surface area contributed by atoms with Crippen molar-refractivity contribution in [1.29, 1.82) is 0 Å². The largest absolute Gasteiger partial charge is 0.458 e. The van der Waals surface area contributed by atoms with Crippen LogP contribution >= 0.6 is 0 Å². The van der Waals surface area contributed by atoms with E-state index in [9.17, 15) is 26.7 Å². The highest BCUT2D eigenvalue weighted by molar-refractivity contribution is 5.75. The maximum absolute atomic E-state index is 14.3. The Morgan fingerprint density at radius 3 is 2.07 bits per heavy atom. The first-order valence-corrected chi connectivity index (χ1v) is 9.58. The van der Waals surface area contributed by atoms with E-state index in [1.807, 2.05) is 6.92 Å². The Bertz CT molecular complexity index is 610. The molecule has 4 fully saturated rings. The van der Waals surface area contributed by atoms with E-state index < -0.39 is 41.7 Å². The van der Waals surface area contributed by atoms with E-state index in [1.54, 1.807) is 0 Å². The first-order valence-electron chi connectivity index (χ1n) is 9.58. The lowest BCUT2D eigenvalue weighted by molar-refractivity contribution is -0.221. The summed E-state index contributed by atoms with van der Waals surface area (Å²) < 4.78 is 72.6. The maximum atomic E-state index is 14.3. The van der Waals surface area contributed by atoms with Crippen LogP contribution in [0.15, 0.2) is 24.6 Å². The number of hydrogen-bond donors (Lipinski definition) is 0. The minimum atomic E-state index is -4.63.